The Hall–Kier alpha value is -3.39. The number of carboxylic acids is 2. The highest BCUT2D eigenvalue weighted by Gasteiger charge is 2.38. The standard InChI is InChI=1S/C20H25N3O5S.C2HF3O2/c1-20(2,3)14-4-6-16(7-5-14)29(26,27)22-15-12-17(19(24)25)18(21-13-15)23-8-10-28-11-9-23;3-2(4,5)1(6)7/h4-7,12-13,22H,8-11H2,1-3H3,(H,24,25);(H,6,7). The number of hydrogen-bond acceptors (Lipinski definition) is 7. The number of morpholine rings is 1. The molecule has 0 bridgehead atoms. The van der Waals surface area contributed by atoms with Gasteiger partial charge in [0, 0.05) is 13.1 Å². The molecule has 36 heavy (non-hydrogen) atoms. The fourth-order valence-electron chi connectivity index (χ4n) is 3.05. The van der Waals surface area contributed by atoms with E-state index in [0.29, 0.717) is 32.1 Å². The summed E-state index contributed by atoms with van der Waals surface area (Å²) in [6.07, 6.45) is -3.75. The third-order valence-electron chi connectivity index (χ3n) is 4.93. The topological polar surface area (TPSA) is 146 Å². The Morgan fingerprint density at radius 1 is 1.06 bits per heavy atom. The normalized spacial score (nSPS) is 14.4. The number of hydrogen-bond donors (Lipinski definition) is 3. The zero-order valence-electron chi connectivity index (χ0n) is 19.7. The minimum absolute atomic E-state index is 0.0600. The van der Waals surface area contributed by atoms with Gasteiger partial charge in [-0.15, -0.1) is 0 Å². The third-order valence-corrected chi connectivity index (χ3v) is 6.33. The van der Waals surface area contributed by atoms with Crippen molar-refractivity contribution in [1.82, 2.24) is 4.98 Å². The average molecular weight is 534 g/mol. The Kier molecular flexibility index (Phi) is 8.91. The van der Waals surface area contributed by atoms with Crippen LogP contribution in [0.3, 0.4) is 0 Å². The van der Waals surface area contributed by atoms with Crippen molar-refractivity contribution >= 4 is 33.5 Å². The van der Waals surface area contributed by atoms with Crippen LogP contribution >= 0.6 is 0 Å². The molecule has 10 nitrogen and oxygen atoms in total. The minimum Gasteiger partial charge on any atom is -0.478 e. The van der Waals surface area contributed by atoms with Gasteiger partial charge in [0.1, 0.15) is 11.4 Å². The van der Waals surface area contributed by atoms with E-state index in [0.717, 1.165) is 5.56 Å². The van der Waals surface area contributed by atoms with Gasteiger partial charge in [-0.2, -0.15) is 13.2 Å². The highest BCUT2D eigenvalue weighted by molar-refractivity contribution is 7.92. The molecule has 0 amide bonds. The quantitative estimate of drug-likeness (QED) is 0.527. The van der Waals surface area contributed by atoms with Crippen LogP contribution in [0.2, 0.25) is 0 Å². The SMILES string of the molecule is CC(C)(C)c1ccc(S(=O)(=O)Nc2cnc(N3CCOCC3)c(C(=O)O)c2)cc1.O=C(O)C(F)(F)F. The molecule has 1 aliphatic heterocycles. The van der Waals surface area contributed by atoms with Gasteiger partial charge in [-0.25, -0.2) is 23.0 Å². The van der Waals surface area contributed by atoms with E-state index in [1.807, 2.05) is 25.7 Å². The number of nitrogens with zero attached hydrogens (tertiary/aromatic N) is 2. The van der Waals surface area contributed by atoms with Crippen molar-refractivity contribution in [3.63, 3.8) is 0 Å². The van der Waals surface area contributed by atoms with Gasteiger partial charge in [0.05, 0.1) is 30.0 Å². The van der Waals surface area contributed by atoms with Crippen molar-refractivity contribution in [2.75, 3.05) is 35.9 Å². The van der Waals surface area contributed by atoms with E-state index >= 15 is 0 Å². The van der Waals surface area contributed by atoms with Crippen LogP contribution in [0.25, 0.3) is 0 Å². The number of aromatic carboxylic acids is 1. The van der Waals surface area contributed by atoms with Gasteiger partial charge in [-0.05, 0) is 29.2 Å². The van der Waals surface area contributed by atoms with E-state index in [2.05, 4.69) is 9.71 Å². The number of rotatable bonds is 5. The lowest BCUT2D eigenvalue weighted by atomic mass is 9.87. The van der Waals surface area contributed by atoms with Gasteiger partial charge in [0.15, 0.2) is 0 Å². The Morgan fingerprint density at radius 3 is 2.03 bits per heavy atom. The second-order valence-electron chi connectivity index (χ2n) is 8.68. The van der Waals surface area contributed by atoms with Gasteiger partial charge in [0.2, 0.25) is 0 Å². The van der Waals surface area contributed by atoms with E-state index < -0.39 is 28.1 Å². The number of halogens is 3. The number of benzene rings is 1. The summed E-state index contributed by atoms with van der Waals surface area (Å²) < 4.78 is 64.9. The maximum atomic E-state index is 12.7. The molecule has 0 spiro atoms. The zero-order chi connectivity index (χ0) is 27.3. The van der Waals surface area contributed by atoms with Gasteiger partial charge in [-0.1, -0.05) is 32.9 Å². The predicted octanol–water partition coefficient (Wildman–Crippen LogP) is 3.35. The van der Waals surface area contributed by atoms with Crippen LogP contribution in [0.5, 0.6) is 0 Å². The second kappa shape index (κ2) is 11.1. The second-order valence-corrected chi connectivity index (χ2v) is 10.4. The number of alkyl halides is 3. The van der Waals surface area contributed by atoms with Crippen LogP contribution in [0.4, 0.5) is 24.7 Å². The van der Waals surface area contributed by atoms with Crippen LogP contribution in [0.15, 0.2) is 41.4 Å². The molecule has 3 rings (SSSR count). The van der Waals surface area contributed by atoms with E-state index in [4.69, 9.17) is 14.6 Å². The molecule has 0 aliphatic carbocycles. The summed E-state index contributed by atoms with van der Waals surface area (Å²) in [5, 5.41) is 16.7. The Bertz CT molecular complexity index is 1190. The van der Waals surface area contributed by atoms with Crippen LogP contribution < -0.4 is 9.62 Å². The van der Waals surface area contributed by atoms with Crippen LogP contribution in [-0.4, -0.2) is 68.0 Å². The van der Waals surface area contributed by atoms with Crippen molar-refractivity contribution in [3.8, 4) is 0 Å². The van der Waals surface area contributed by atoms with Gasteiger partial charge in [0.25, 0.3) is 10.0 Å². The first-order valence-electron chi connectivity index (χ1n) is 10.5. The van der Waals surface area contributed by atoms with Crippen molar-refractivity contribution in [2.24, 2.45) is 0 Å². The first kappa shape index (κ1) is 28.8. The monoisotopic (exact) mass is 533 g/mol. The van der Waals surface area contributed by atoms with Crippen LogP contribution in [-0.2, 0) is 25.0 Å². The van der Waals surface area contributed by atoms with Gasteiger partial charge < -0.3 is 19.8 Å². The Morgan fingerprint density at radius 2 is 1.58 bits per heavy atom. The van der Waals surface area contributed by atoms with E-state index in [1.54, 1.807) is 12.1 Å². The van der Waals surface area contributed by atoms with Crippen molar-refractivity contribution in [2.45, 2.75) is 37.3 Å². The van der Waals surface area contributed by atoms with Crippen LogP contribution in [0, 0.1) is 0 Å². The molecule has 1 fully saturated rings. The Labute approximate surface area is 205 Å². The number of aromatic nitrogens is 1. The van der Waals surface area contributed by atoms with Crippen molar-refractivity contribution in [3.05, 3.63) is 47.7 Å². The number of nitrogens with one attached hydrogen (secondary N) is 1. The fraction of sp³-hybridized carbons (Fsp3) is 0.409. The summed E-state index contributed by atoms with van der Waals surface area (Å²) >= 11 is 0. The largest absolute Gasteiger partial charge is 0.490 e. The first-order chi connectivity index (χ1) is 16.5. The molecule has 1 aromatic carbocycles. The first-order valence-corrected chi connectivity index (χ1v) is 12.0. The van der Waals surface area contributed by atoms with Gasteiger partial charge >= 0.3 is 18.1 Å². The molecule has 0 saturated carbocycles. The zero-order valence-corrected chi connectivity index (χ0v) is 20.5. The molecule has 2 aromatic rings. The van der Waals surface area contributed by atoms with E-state index in [-0.39, 0.29) is 21.6 Å². The molecule has 0 unspecified atom stereocenters. The van der Waals surface area contributed by atoms with Gasteiger partial charge in [-0.3, -0.25) is 4.72 Å². The minimum atomic E-state index is -5.08. The molecule has 1 saturated heterocycles. The van der Waals surface area contributed by atoms with Crippen molar-refractivity contribution < 1.29 is 46.1 Å². The maximum absolute atomic E-state index is 12.7. The van der Waals surface area contributed by atoms with Crippen molar-refractivity contribution in [1.29, 1.82) is 0 Å². The van der Waals surface area contributed by atoms with Crippen LogP contribution in [0.1, 0.15) is 36.7 Å². The molecule has 1 aliphatic rings. The number of anilines is 2. The predicted molar refractivity (Wildman–Crippen MR) is 124 cm³/mol. The number of ether oxygens (including phenoxy) is 1. The molecule has 198 valence electrons. The summed E-state index contributed by atoms with van der Waals surface area (Å²) in [4.78, 5) is 26.7. The van der Waals surface area contributed by atoms with E-state index in [1.165, 1.54) is 24.4 Å². The Balaban J connectivity index is 0.000000572. The van der Waals surface area contributed by atoms with E-state index in [9.17, 15) is 31.5 Å². The smallest absolute Gasteiger partial charge is 0.478 e. The molecule has 14 heteroatoms. The molecule has 1 aromatic heterocycles. The highest BCUT2D eigenvalue weighted by Crippen LogP contribution is 2.26. The lowest BCUT2D eigenvalue weighted by Gasteiger charge is -2.28. The number of carboxylic acid groups (broad SMARTS) is 2. The number of sulfonamides is 1. The lowest BCUT2D eigenvalue weighted by Crippen LogP contribution is -2.37. The molecular weight excluding hydrogens is 507 g/mol. The summed E-state index contributed by atoms with van der Waals surface area (Å²) in [6, 6.07) is 7.92. The number of pyridine rings is 1. The molecular formula is C22H26F3N3O7S. The lowest BCUT2D eigenvalue weighted by molar-refractivity contribution is -0.192. The molecule has 0 radical (unpaired) electrons. The molecule has 3 N–H and O–H groups in total. The maximum Gasteiger partial charge on any atom is 0.490 e. The summed E-state index contributed by atoms with van der Waals surface area (Å²) in [6.45, 7) is 8.16. The summed E-state index contributed by atoms with van der Waals surface area (Å²) in [5.41, 5.74) is 0.960. The summed E-state index contributed by atoms with van der Waals surface area (Å²) in [7, 11) is -3.87. The number of aliphatic carboxylic acids is 1. The molecule has 2 heterocycles. The third kappa shape index (κ3) is 7.81. The molecule has 0 atom stereocenters. The average Bonchev–Trinajstić information content (AvgIpc) is 2.78. The summed E-state index contributed by atoms with van der Waals surface area (Å²) in [5.74, 6) is -3.62. The number of carbonyl (C=O) groups is 2. The highest BCUT2D eigenvalue weighted by atomic mass is 32.2. The fourth-order valence-corrected chi connectivity index (χ4v) is 4.08.